The monoisotopic (exact) mass is 380 g/mol. The molecule has 4 rings (SSSR count). The number of nitrogen functional groups attached to an aromatic ring is 1. The number of allylic oxidation sites excluding steroid dienone is 2. The van der Waals surface area contributed by atoms with Crippen LogP contribution in [0.2, 0.25) is 0 Å². The molecule has 2 heterocycles. The van der Waals surface area contributed by atoms with Gasteiger partial charge in [0.1, 0.15) is 11.3 Å². The number of aromatic nitrogens is 2. The molecule has 0 amide bonds. The molecular weight excluding hydrogens is 354 g/mol. The Kier molecular flexibility index (Phi) is 4.67. The van der Waals surface area contributed by atoms with Crippen LogP contribution in [0.4, 0.5) is 5.82 Å². The molecule has 6 heteroatoms. The van der Waals surface area contributed by atoms with Crippen molar-refractivity contribution in [2.75, 3.05) is 12.3 Å². The minimum atomic E-state index is -0.294. The number of fused-ring (bicyclic) bond motifs is 1. The highest BCUT2D eigenvalue weighted by atomic mass is 16.5. The van der Waals surface area contributed by atoms with E-state index >= 15 is 0 Å². The summed E-state index contributed by atoms with van der Waals surface area (Å²) in [6.07, 6.45) is 3.40. The van der Waals surface area contributed by atoms with Crippen LogP contribution in [-0.4, -0.2) is 22.5 Å². The van der Waals surface area contributed by atoms with Crippen LogP contribution in [0.25, 0.3) is 0 Å². The van der Waals surface area contributed by atoms with Crippen molar-refractivity contribution in [1.29, 1.82) is 0 Å². The number of nitrogens with two attached hydrogens (primary N) is 1. The summed E-state index contributed by atoms with van der Waals surface area (Å²) in [5.41, 5.74) is 8.81. The van der Waals surface area contributed by atoms with Crippen molar-refractivity contribution in [3.8, 4) is 5.88 Å². The summed E-state index contributed by atoms with van der Waals surface area (Å²) in [6.45, 7) is 4.80. The van der Waals surface area contributed by atoms with Crippen molar-refractivity contribution in [3.05, 3.63) is 59.1 Å². The number of anilines is 1. The van der Waals surface area contributed by atoms with Crippen LogP contribution < -0.4 is 15.0 Å². The van der Waals surface area contributed by atoms with Crippen LogP contribution >= 0.6 is 0 Å². The van der Waals surface area contributed by atoms with E-state index in [4.69, 9.17) is 10.5 Å². The first-order chi connectivity index (χ1) is 13.4. The number of carbonyl (C=O) groups is 1. The first-order valence-corrected chi connectivity index (χ1v) is 9.69. The smallest absolute Gasteiger partial charge is 0.305 e. The molecule has 0 fully saturated rings. The zero-order valence-electron chi connectivity index (χ0n) is 16.3. The quantitative estimate of drug-likeness (QED) is 0.796. The highest BCUT2D eigenvalue weighted by Crippen LogP contribution is 2.50. The van der Waals surface area contributed by atoms with Crippen molar-refractivity contribution < 1.29 is 19.2 Å². The van der Waals surface area contributed by atoms with E-state index in [1.165, 1.54) is 0 Å². The van der Waals surface area contributed by atoms with E-state index in [1.54, 1.807) is 6.33 Å². The lowest BCUT2D eigenvalue weighted by Crippen LogP contribution is -2.41. The molecule has 0 radical (unpaired) electrons. The number of carbonyl (C=O) groups excluding carboxylic acids is 1. The number of nitrogens with zero attached hydrogens (tertiary/aromatic N) is 2. The molecule has 28 heavy (non-hydrogen) atoms. The van der Waals surface area contributed by atoms with Crippen molar-refractivity contribution in [3.63, 3.8) is 0 Å². The number of Topliss-reactive ketones (excluding diaryl/α,β-unsaturated/α-hetero) is 1. The number of ether oxygens (including phenoxy) is 1. The minimum absolute atomic E-state index is 0.0744. The predicted molar refractivity (Wildman–Crippen MR) is 105 cm³/mol. The van der Waals surface area contributed by atoms with Crippen molar-refractivity contribution in [2.45, 2.75) is 45.6 Å². The van der Waals surface area contributed by atoms with Crippen molar-refractivity contribution in [2.24, 2.45) is 5.41 Å². The van der Waals surface area contributed by atoms with E-state index in [0.29, 0.717) is 48.8 Å². The molecule has 2 aromatic rings. The second kappa shape index (κ2) is 7.02. The lowest BCUT2D eigenvalue weighted by molar-refractivity contribution is -0.686. The fraction of sp³-hybridized carbons (Fsp3) is 0.409. The van der Waals surface area contributed by atoms with Gasteiger partial charge in [0.15, 0.2) is 5.78 Å². The molecule has 1 aliphatic carbocycles. The molecule has 0 bridgehead atoms. The van der Waals surface area contributed by atoms with Gasteiger partial charge < -0.3 is 15.6 Å². The molecule has 0 saturated heterocycles. The first-order valence-electron chi connectivity index (χ1n) is 9.69. The SMILES string of the molecule is CC1(C)CC(=O)C2=C(C1)Oc1nc[n+](CCCO)c(N)c1[C@H]2c1ccccc1. The van der Waals surface area contributed by atoms with Gasteiger partial charge in [-0.05, 0) is 11.0 Å². The number of aryl methyl sites for hydroxylation is 1. The van der Waals surface area contributed by atoms with Crippen LogP contribution in [0.3, 0.4) is 0 Å². The van der Waals surface area contributed by atoms with Gasteiger partial charge in [-0.2, -0.15) is 0 Å². The molecule has 0 spiro atoms. The molecule has 0 unspecified atom stereocenters. The molecule has 2 aliphatic rings. The molecule has 6 nitrogen and oxygen atoms in total. The topological polar surface area (TPSA) is 89.3 Å². The van der Waals surface area contributed by atoms with Crippen LogP contribution in [0.5, 0.6) is 5.88 Å². The Morgan fingerprint density at radius 1 is 1.29 bits per heavy atom. The Bertz CT molecular complexity index is 951. The van der Waals surface area contributed by atoms with Crippen molar-refractivity contribution >= 4 is 11.6 Å². The van der Waals surface area contributed by atoms with E-state index in [-0.39, 0.29) is 23.7 Å². The van der Waals surface area contributed by atoms with Crippen LogP contribution in [0, 0.1) is 5.41 Å². The van der Waals surface area contributed by atoms with Crippen molar-refractivity contribution in [1.82, 2.24) is 4.98 Å². The lowest BCUT2D eigenvalue weighted by atomic mass is 9.70. The molecule has 0 saturated carbocycles. The van der Waals surface area contributed by atoms with Gasteiger partial charge in [-0.1, -0.05) is 49.2 Å². The number of hydrogen-bond acceptors (Lipinski definition) is 5. The zero-order valence-corrected chi connectivity index (χ0v) is 16.3. The number of aliphatic hydroxyl groups is 1. The third-order valence-electron chi connectivity index (χ3n) is 5.50. The Morgan fingerprint density at radius 2 is 2.04 bits per heavy atom. The van der Waals surface area contributed by atoms with Gasteiger partial charge in [0.25, 0.3) is 0 Å². The number of rotatable bonds is 4. The zero-order chi connectivity index (χ0) is 19.9. The number of ketones is 1. The summed E-state index contributed by atoms with van der Waals surface area (Å²) in [5.74, 6) is 1.52. The Hall–Kier alpha value is -2.73. The van der Waals surface area contributed by atoms with Gasteiger partial charge in [0.2, 0.25) is 12.1 Å². The maximum atomic E-state index is 13.2. The average molecular weight is 380 g/mol. The fourth-order valence-electron chi connectivity index (χ4n) is 4.22. The third kappa shape index (κ3) is 3.18. The van der Waals surface area contributed by atoms with E-state index < -0.39 is 0 Å². The van der Waals surface area contributed by atoms with Gasteiger partial charge >= 0.3 is 5.88 Å². The molecule has 3 N–H and O–H groups in total. The van der Waals surface area contributed by atoms with Gasteiger partial charge in [0.05, 0.1) is 12.5 Å². The third-order valence-corrected chi connectivity index (χ3v) is 5.50. The van der Waals surface area contributed by atoms with E-state index in [2.05, 4.69) is 18.8 Å². The standard InChI is InChI=1S/C22H25N3O3/c1-22(2)11-15(27)18-16(12-22)28-21-19(17(18)14-7-4-3-5-8-14)20(23)25(13-24-21)9-6-10-26/h3-5,7-8,13,17,23,26H,6,9-12H2,1-2H3/p+1/t17-/m0/s1. The summed E-state index contributed by atoms with van der Waals surface area (Å²) in [4.78, 5) is 17.7. The summed E-state index contributed by atoms with van der Waals surface area (Å²) in [5, 5.41) is 9.17. The minimum Gasteiger partial charge on any atom is -0.430 e. The predicted octanol–water partition coefficient (Wildman–Crippen LogP) is 2.50. The molecule has 146 valence electrons. The number of aliphatic hydroxyl groups excluding tert-OH is 1. The summed E-state index contributed by atoms with van der Waals surface area (Å²) >= 11 is 0. The van der Waals surface area contributed by atoms with Crippen LogP contribution in [0.1, 0.15) is 50.2 Å². The average Bonchev–Trinajstić information content (AvgIpc) is 2.66. The van der Waals surface area contributed by atoms with E-state index in [0.717, 1.165) is 11.1 Å². The normalized spacial score (nSPS) is 20.4. The van der Waals surface area contributed by atoms with Gasteiger partial charge in [0, 0.05) is 31.4 Å². The highest BCUT2D eigenvalue weighted by molar-refractivity contribution is 6.00. The molecule has 1 atom stereocenters. The Labute approximate surface area is 164 Å². The second-order valence-corrected chi connectivity index (χ2v) is 8.34. The maximum Gasteiger partial charge on any atom is 0.305 e. The molecule has 1 aromatic carbocycles. The number of hydrogen-bond donors (Lipinski definition) is 2. The fourth-order valence-corrected chi connectivity index (χ4v) is 4.22. The van der Waals surface area contributed by atoms with Gasteiger partial charge in [-0.3, -0.25) is 4.79 Å². The lowest BCUT2D eigenvalue weighted by Gasteiger charge is -2.37. The van der Waals surface area contributed by atoms with E-state index in [9.17, 15) is 9.90 Å². The van der Waals surface area contributed by atoms with Gasteiger partial charge in [-0.15, -0.1) is 0 Å². The molecular formula is C22H26N3O3+. The first kappa shape index (κ1) is 18.6. The summed E-state index contributed by atoms with van der Waals surface area (Å²) in [6, 6.07) is 9.92. The maximum absolute atomic E-state index is 13.2. The molecule has 1 aromatic heterocycles. The largest absolute Gasteiger partial charge is 0.430 e. The highest BCUT2D eigenvalue weighted by Gasteiger charge is 2.45. The number of benzene rings is 1. The van der Waals surface area contributed by atoms with Gasteiger partial charge in [-0.25, -0.2) is 4.57 Å². The van der Waals surface area contributed by atoms with Crippen LogP contribution in [0.15, 0.2) is 48.0 Å². The molecule has 1 aliphatic heterocycles. The summed E-state index contributed by atoms with van der Waals surface area (Å²) < 4.78 is 7.96. The Morgan fingerprint density at radius 3 is 2.75 bits per heavy atom. The second-order valence-electron chi connectivity index (χ2n) is 8.34. The summed E-state index contributed by atoms with van der Waals surface area (Å²) in [7, 11) is 0. The Balaban J connectivity index is 1.91. The van der Waals surface area contributed by atoms with E-state index in [1.807, 2.05) is 34.9 Å². The van der Waals surface area contributed by atoms with Crippen LogP contribution in [-0.2, 0) is 11.3 Å².